The molecule has 0 amide bonds. The molecule has 1 atom stereocenters. The summed E-state index contributed by atoms with van der Waals surface area (Å²) in [6.07, 6.45) is 9.76. The molecule has 1 unspecified atom stereocenters. The summed E-state index contributed by atoms with van der Waals surface area (Å²) in [5.74, 6) is 6.13. The predicted octanol–water partition coefficient (Wildman–Crippen LogP) is 2.37. The van der Waals surface area contributed by atoms with E-state index in [1.165, 1.54) is 0 Å². The number of nitrogens with zero attached hydrogens (tertiary/aromatic N) is 4. The van der Waals surface area contributed by atoms with E-state index in [0.717, 1.165) is 28.4 Å². The summed E-state index contributed by atoms with van der Waals surface area (Å²) in [6, 6.07) is 5.76. The minimum Gasteiger partial charge on any atom is -0.286 e. The number of aromatic nitrogens is 1. The van der Waals surface area contributed by atoms with E-state index in [0.29, 0.717) is 6.42 Å². The molecule has 24 heavy (non-hydrogen) atoms. The number of allylic oxidation sites excluding steroid dienone is 3. The molecular formula is C19H17N5. The second-order valence-electron chi connectivity index (χ2n) is 5.32. The highest BCUT2D eigenvalue weighted by molar-refractivity contribution is 6.07. The van der Waals surface area contributed by atoms with Crippen LogP contribution in [-0.2, 0) is 6.42 Å². The highest BCUT2D eigenvalue weighted by Gasteiger charge is 2.16. The van der Waals surface area contributed by atoms with Gasteiger partial charge in [-0.1, -0.05) is 17.9 Å². The summed E-state index contributed by atoms with van der Waals surface area (Å²) >= 11 is 0. The Kier molecular flexibility index (Phi) is 4.78. The first kappa shape index (κ1) is 15.6. The van der Waals surface area contributed by atoms with Crippen molar-refractivity contribution in [2.45, 2.75) is 19.4 Å². The van der Waals surface area contributed by atoms with E-state index in [4.69, 9.17) is 4.99 Å². The van der Waals surface area contributed by atoms with E-state index >= 15 is 0 Å². The normalized spacial score (nSPS) is 18.5. The van der Waals surface area contributed by atoms with Crippen molar-refractivity contribution in [2.24, 2.45) is 15.1 Å². The Morgan fingerprint density at radius 1 is 1.46 bits per heavy atom. The lowest BCUT2D eigenvalue weighted by Gasteiger charge is -2.11. The minimum absolute atomic E-state index is 0.201. The van der Waals surface area contributed by atoms with Gasteiger partial charge in [-0.25, -0.2) is 4.99 Å². The van der Waals surface area contributed by atoms with E-state index in [9.17, 15) is 0 Å². The lowest BCUT2D eigenvalue weighted by molar-refractivity contribution is 0.933. The number of aliphatic imine (C=N–C) groups is 2. The zero-order valence-corrected chi connectivity index (χ0v) is 13.4. The Bertz CT molecular complexity index is 859. The van der Waals surface area contributed by atoms with E-state index in [1.807, 2.05) is 37.3 Å². The number of nitrogens with one attached hydrogen (secondary N) is 1. The third kappa shape index (κ3) is 3.73. The number of hydrogen-bond donors (Lipinski definition) is 1. The Labute approximate surface area is 141 Å². The fourth-order valence-electron chi connectivity index (χ4n) is 2.41. The van der Waals surface area contributed by atoms with E-state index in [1.54, 1.807) is 18.5 Å². The molecule has 0 aromatic carbocycles. The maximum Gasteiger partial charge on any atom is 0.152 e. The molecule has 5 nitrogen and oxygen atoms in total. The van der Waals surface area contributed by atoms with Gasteiger partial charge in [0.1, 0.15) is 0 Å². The number of fused-ring (bicyclic) bond motifs is 1. The fourth-order valence-corrected chi connectivity index (χ4v) is 2.41. The van der Waals surface area contributed by atoms with Crippen LogP contribution in [0.2, 0.25) is 0 Å². The summed E-state index contributed by atoms with van der Waals surface area (Å²) in [7, 11) is 0. The third-order valence-corrected chi connectivity index (χ3v) is 3.52. The van der Waals surface area contributed by atoms with Gasteiger partial charge in [0.15, 0.2) is 6.04 Å². The summed E-state index contributed by atoms with van der Waals surface area (Å²) in [5.41, 5.74) is 7.28. The number of rotatable bonds is 5. The monoisotopic (exact) mass is 315 g/mol. The van der Waals surface area contributed by atoms with Gasteiger partial charge in [0.25, 0.3) is 0 Å². The van der Waals surface area contributed by atoms with E-state index in [2.05, 4.69) is 39.1 Å². The quantitative estimate of drug-likeness (QED) is 0.515. The largest absolute Gasteiger partial charge is 0.286 e. The van der Waals surface area contributed by atoms with Crippen molar-refractivity contribution in [3.8, 4) is 11.8 Å². The van der Waals surface area contributed by atoms with Crippen LogP contribution in [0.5, 0.6) is 0 Å². The second-order valence-corrected chi connectivity index (χ2v) is 5.32. The number of hydrazone groups is 1. The predicted molar refractivity (Wildman–Crippen MR) is 98.2 cm³/mol. The first-order valence-electron chi connectivity index (χ1n) is 7.59. The molecule has 1 aromatic rings. The zero-order chi connectivity index (χ0) is 16.8. The molecule has 0 bridgehead atoms. The van der Waals surface area contributed by atoms with Crippen molar-refractivity contribution in [1.82, 2.24) is 10.4 Å². The van der Waals surface area contributed by atoms with Gasteiger partial charge < -0.3 is 0 Å². The van der Waals surface area contributed by atoms with Gasteiger partial charge in [0, 0.05) is 48.6 Å². The van der Waals surface area contributed by atoms with E-state index in [-0.39, 0.29) is 6.04 Å². The summed E-state index contributed by atoms with van der Waals surface area (Å²) in [4.78, 5) is 13.6. The average molecular weight is 315 g/mol. The SMILES string of the molecule is C=NN/C=C(\Cc1cccc(C)n1)C1=CC#CC2N=CC=CC2=N1. The smallest absolute Gasteiger partial charge is 0.152 e. The van der Waals surface area contributed by atoms with Crippen molar-refractivity contribution in [3.63, 3.8) is 0 Å². The molecule has 1 aromatic heterocycles. The lowest BCUT2D eigenvalue weighted by Crippen LogP contribution is -2.17. The average Bonchev–Trinajstić information content (AvgIpc) is 2.81. The number of hydrogen-bond acceptors (Lipinski definition) is 5. The molecule has 0 radical (unpaired) electrons. The maximum atomic E-state index is 4.72. The molecule has 0 saturated heterocycles. The third-order valence-electron chi connectivity index (χ3n) is 3.52. The van der Waals surface area contributed by atoms with Crippen LogP contribution in [0.3, 0.4) is 0 Å². The van der Waals surface area contributed by atoms with Crippen LogP contribution < -0.4 is 5.43 Å². The van der Waals surface area contributed by atoms with Gasteiger partial charge >= 0.3 is 0 Å². The standard InChI is InChI=1S/C19H17N5/c1-14-6-3-7-16(23-14)12-15(13-22-20-2)17-8-4-9-18-19(24-17)10-5-11-21-18/h3,5-8,10-11,13,18,22H,2,12H2,1H3/b15-13+. The lowest BCUT2D eigenvalue weighted by atomic mass is 10.1. The Balaban J connectivity index is 1.93. The van der Waals surface area contributed by atoms with E-state index < -0.39 is 0 Å². The van der Waals surface area contributed by atoms with Crippen molar-refractivity contribution in [3.05, 3.63) is 65.3 Å². The van der Waals surface area contributed by atoms with Gasteiger partial charge in [-0.3, -0.25) is 15.4 Å². The van der Waals surface area contributed by atoms with Gasteiger partial charge in [-0.2, -0.15) is 5.10 Å². The van der Waals surface area contributed by atoms with Gasteiger partial charge in [0.05, 0.1) is 11.4 Å². The highest BCUT2D eigenvalue weighted by Crippen LogP contribution is 2.19. The molecule has 118 valence electrons. The number of dihydropyridines is 1. The molecule has 2 aliphatic heterocycles. The molecule has 1 N–H and O–H groups in total. The Morgan fingerprint density at radius 3 is 3.21 bits per heavy atom. The van der Waals surface area contributed by atoms with Crippen LogP contribution >= 0.6 is 0 Å². The maximum absolute atomic E-state index is 4.72. The van der Waals surface area contributed by atoms with Crippen LogP contribution in [0.15, 0.2) is 69.0 Å². The topological polar surface area (TPSA) is 62.0 Å². The van der Waals surface area contributed by atoms with Crippen LogP contribution in [0.4, 0.5) is 0 Å². The summed E-state index contributed by atoms with van der Waals surface area (Å²) < 4.78 is 0. The molecule has 3 rings (SSSR count). The van der Waals surface area contributed by atoms with Crippen LogP contribution in [0.25, 0.3) is 0 Å². The molecule has 0 saturated carbocycles. The first-order valence-corrected chi connectivity index (χ1v) is 7.59. The van der Waals surface area contributed by atoms with Gasteiger partial charge in [-0.15, -0.1) is 0 Å². The first-order chi connectivity index (χ1) is 11.8. The zero-order valence-electron chi connectivity index (χ0n) is 13.4. The van der Waals surface area contributed by atoms with Crippen molar-refractivity contribution < 1.29 is 0 Å². The van der Waals surface area contributed by atoms with Crippen molar-refractivity contribution >= 4 is 18.6 Å². The minimum atomic E-state index is -0.201. The van der Waals surface area contributed by atoms with Crippen molar-refractivity contribution in [2.75, 3.05) is 0 Å². The Hall–Kier alpha value is -3.26. The molecular weight excluding hydrogens is 298 g/mol. The second kappa shape index (κ2) is 7.34. The van der Waals surface area contributed by atoms with Gasteiger partial charge in [-0.05, 0) is 31.2 Å². The molecule has 0 fully saturated rings. The molecule has 3 heterocycles. The summed E-state index contributed by atoms with van der Waals surface area (Å²) in [5, 5.41) is 3.69. The van der Waals surface area contributed by atoms with Crippen LogP contribution in [0.1, 0.15) is 11.4 Å². The highest BCUT2D eigenvalue weighted by atomic mass is 15.3. The van der Waals surface area contributed by atoms with Crippen LogP contribution in [-0.4, -0.2) is 29.7 Å². The van der Waals surface area contributed by atoms with Crippen LogP contribution in [0, 0.1) is 18.8 Å². The molecule has 5 heteroatoms. The number of aryl methyl sites for hydroxylation is 1. The Morgan fingerprint density at radius 2 is 2.38 bits per heavy atom. The molecule has 0 spiro atoms. The molecule has 0 aliphatic carbocycles. The van der Waals surface area contributed by atoms with Gasteiger partial charge in [0.2, 0.25) is 0 Å². The molecule has 2 aliphatic rings. The number of pyridine rings is 1. The fraction of sp³-hybridized carbons (Fsp3) is 0.158. The summed E-state index contributed by atoms with van der Waals surface area (Å²) in [6.45, 7) is 5.42. The van der Waals surface area contributed by atoms with Crippen molar-refractivity contribution in [1.29, 1.82) is 0 Å².